The van der Waals surface area contributed by atoms with Crippen molar-refractivity contribution in [2.24, 2.45) is 5.92 Å². The molecule has 0 bridgehead atoms. The molecule has 2 heterocycles. The summed E-state index contributed by atoms with van der Waals surface area (Å²) < 4.78 is 6.09. The van der Waals surface area contributed by atoms with Gasteiger partial charge in [0.2, 0.25) is 0 Å². The minimum atomic E-state index is 0.176. The van der Waals surface area contributed by atoms with E-state index in [-0.39, 0.29) is 12.1 Å². The lowest BCUT2D eigenvalue weighted by Crippen LogP contribution is -2.35. The third-order valence-corrected chi connectivity index (χ3v) is 4.63. The third kappa shape index (κ3) is 2.18. The minimum Gasteiger partial charge on any atom is -0.508 e. The van der Waals surface area contributed by atoms with Crippen LogP contribution in [0.5, 0.6) is 5.75 Å². The quantitative estimate of drug-likeness (QED) is 0.829. The van der Waals surface area contributed by atoms with Crippen LogP contribution in [0.15, 0.2) is 48.5 Å². The molecule has 1 saturated heterocycles. The first-order chi connectivity index (χ1) is 10.3. The van der Waals surface area contributed by atoms with E-state index < -0.39 is 0 Å². The fourth-order valence-electron chi connectivity index (χ4n) is 3.63. The van der Waals surface area contributed by atoms with Gasteiger partial charge in [0.1, 0.15) is 5.75 Å². The van der Waals surface area contributed by atoms with Gasteiger partial charge in [-0.25, -0.2) is 0 Å². The molecule has 0 amide bonds. The number of rotatable bonds is 1. The maximum absolute atomic E-state index is 9.50. The molecule has 0 saturated carbocycles. The van der Waals surface area contributed by atoms with E-state index in [2.05, 4.69) is 29.6 Å². The van der Waals surface area contributed by atoms with E-state index in [1.807, 2.05) is 12.1 Å². The molecule has 0 spiro atoms. The van der Waals surface area contributed by atoms with E-state index in [4.69, 9.17) is 4.74 Å². The second-order valence-corrected chi connectivity index (χ2v) is 5.90. The Balaban J connectivity index is 1.76. The third-order valence-electron chi connectivity index (χ3n) is 4.63. The van der Waals surface area contributed by atoms with E-state index in [1.54, 1.807) is 12.1 Å². The van der Waals surface area contributed by atoms with Crippen LogP contribution in [0.4, 0.5) is 5.69 Å². The SMILES string of the molecule is Oc1ccc([C@H]2Nc3ccccc3[C@H]3OCCC[C@@H]23)cc1. The first kappa shape index (κ1) is 12.7. The van der Waals surface area contributed by atoms with E-state index in [0.29, 0.717) is 11.7 Å². The van der Waals surface area contributed by atoms with Gasteiger partial charge in [0.05, 0.1) is 12.1 Å². The zero-order valence-electron chi connectivity index (χ0n) is 11.8. The highest BCUT2D eigenvalue weighted by Crippen LogP contribution is 2.48. The van der Waals surface area contributed by atoms with E-state index in [0.717, 1.165) is 19.4 Å². The zero-order valence-corrected chi connectivity index (χ0v) is 11.8. The Morgan fingerprint density at radius 3 is 2.71 bits per heavy atom. The fraction of sp³-hybridized carbons (Fsp3) is 0.333. The van der Waals surface area contributed by atoms with Crippen LogP contribution in [-0.4, -0.2) is 11.7 Å². The average molecular weight is 281 g/mol. The number of fused-ring (bicyclic) bond motifs is 3. The molecule has 2 aliphatic heterocycles. The molecular formula is C18H19NO2. The summed E-state index contributed by atoms with van der Waals surface area (Å²) >= 11 is 0. The molecule has 108 valence electrons. The molecule has 3 atom stereocenters. The number of anilines is 1. The molecule has 0 radical (unpaired) electrons. The van der Waals surface area contributed by atoms with Crippen molar-refractivity contribution >= 4 is 5.69 Å². The zero-order chi connectivity index (χ0) is 14.2. The highest BCUT2D eigenvalue weighted by Gasteiger charge is 2.39. The van der Waals surface area contributed by atoms with Crippen LogP contribution in [-0.2, 0) is 4.74 Å². The standard InChI is InChI=1S/C18H19NO2/c20-13-9-7-12(8-10-13)17-15-5-3-11-21-18(15)14-4-1-2-6-16(14)19-17/h1-2,4,6-10,15,17-20H,3,5,11H2/t15-,17+,18+/m0/s1. The molecule has 4 rings (SSSR count). The molecule has 21 heavy (non-hydrogen) atoms. The number of nitrogens with one attached hydrogen (secondary N) is 1. The summed E-state index contributed by atoms with van der Waals surface area (Å²) in [5.74, 6) is 0.754. The monoisotopic (exact) mass is 281 g/mol. The van der Waals surface area contributed by atoms with Gasteiger partial charge in [0, 0.05) is 23.8 Å². The number of hydrogen-bond donors (Lipinski definition) is 2. The normalized spacial score (nSPS) is 27.3. The number of hydrogen-bond acceptors (Lipinski definition) is 3. The maximum Gasteiger partial charge on any atom is 0.115 e. The number of aromatic hydroxyl groups is 1. The van der Waals surface area contributed by atoms with Gasteiger partial charge in [0.25, 0.3) is 0 Å². The van der Waals surface area contributed by atoms with Gasteiger partial charge < -0.3 is 15.2 Å². The van der Waals surface area contributed by atoms with Crippen LogP contribution in [0.25, 0.3) is 0 Å². The smallest absolute Gasteiger partial charge is 0.115 e. The molecule has 3 heteroatoms. The molecule has 1 fully saturated rings. The first-order valence-corrected chi connectivity index (χ1v) is 7.59. The molecule has 0 aromatic heterocycles. The Hall–Kier alpha value is -2.00. The lowest BCUT2D eigenvalue weighted by atomic mass is 9.77. The summed E-state index contributed by atoms with van der Waals surface area (Å²) in [6.45, 7) is 0.845. The number of phenolic OH excluding ortho intramolecular Hbond substituents is 1. The van der Waals surface area contributed by atoms with Crippen molar-refractivity contribution in [3.8, 4) is 5.75 Å². The van der Waals surface area contributed by atoms with Crippen LogP contribution < -0.4 is 5.32 Å². The van der Waals surface area contributed by atoms with Crippen LogP contribution in [0.1, 0.15) is 36.1 Å². The van der Waals surface area contributed by atoms with Crippen molar-refractivity contribution < 1.29 is 9.84 Å². The summed E-state index contributed by atoms with van der Waals surface area (Å²) in [6, 6.07) is 16.2. The van der Waals surface area contributed by atoms with Crippen LogP contribution in [0, 0.1) is 5.92 Å². The van der Waals surface area contributed by atoms with Gasteiger partial charge in [-0.1, -0.05) is 30.3 Å². The number of ether oxygens (including phenoxy) is 1. The summed E-state index contributed by atoms with van der Waals surface area (Å²) in [5.41, 5.74) is 3.65. The first-order valence-electron chi connectivity index (χ1n) is 7.59. The van der Waals surface area contributed by atoms with Crippen molar-refractivity contribution in [2.75, 3.05) is 11.9 Å². The summed E-state index contributed by atoms with van der Waals surface area (Å²) in [5, 5.41) is 13.2. The van der Waals surface area contributed by atoms with E-state index >= 15 is 0 Å². The molecule has 2 aliphatic rings. The van der Waals surface area contributed by atoms with Crippen molar-refractivity contribution in [2.45, 2.75) is 25.0 Å². The van der Waals surface area contributed by atoms with Crippen molar-refractivity contribution in [3.63, 3.8) is 0 Å². The Kier molecular flexibility index (Phi) is 3.08. The lowest BCUT2D eigenvalue weighted by Gasteiger charge is -2.43. The second kappa shape index (κ2) is 5.08. The molecule has 2 aromatic carbocycles. The minimum absolute atomic E-state index is 0.176. The molecule has 2 aromatic rings. The molecular weight excluding hydrogens is 262 g/mol. The van der Waals surface area contributed by atoms with Gasteiger partial charge in [-0.15, -0.1) is 0 Å². The topological polar surface area (TPSA) is 41.5 Å². The molecule has 2 N–H and O–H groups in total. The predicted molar refractivity (Wildman–Crippen MR) is 82.3 cm³/mol. The van der Waals surface area contributed by atoms with E-state index in [1.165, 1.54) is 16.8 Å². The number of para-hydroxylation sites is 1. The second-order valence-electron chi connectivity index (χ2n) is 5.90. The molecule has 0 unspecified atom stereocenters. The van der Waals surface area contributed by atoms with E-state index in [9.17, 15) is 5.11 Å². The summed E-state index contributed by atoms with van der Waals surface area (Å²) in [6.07, 6.45) is 2.45. The predicted octanol–water partition coefficient (Wildman–Crippen LogP) is 4.03. The Labute approximate surface area is 124 Å². The molecule has 0 aliphatic carbocycles. The van der Waals surface area contributed by atoms with Crippen molar-refractivity contribution in [3.05, 3.63) is 59.7 Å². The molecule has 3 nitrogen and oxygen atoms in total. The maximum atomic E-state index is 9.50. The summed E-state index contributed by atoms with van der Waals surface area (Å²) in [7, 11) is 0. The van der Waals surface area contributed by atoms with Gasteiger partial charge in [-0.05, 0) is 36.6 Å². The Morgan fingerprint density at radius 1 is 1.05 bits per heavy atom. The van der Waals surface area contributed by atoms with Crippen molar-refractivity contribution in [1.82, 2.24) is 0 Å². The van der Waals surface area contributed by atoms with Crippen LogP contribution in [0.2, 0.25) is 0 Å². The van der Waals surface area contributed by atoms with Gasteiger partial charge >= 0.3 is 0 Å². The van der Waals surface area contributed by atoms with Gasteiger partial charge in [-0.3, -0.25) is 0 Å². The number of phenols is 1. The average Bonchev–Trinajstić information content (AvgIpc) is 2.55. The van der Waals surface area contributed by atoms with Crippen LogP contribution in [0.3, 0.4) is 0 Å². The Bertz CT molecular complexity index is 638. The highest BCUT2D eigenvalue weighted by molar-refractivity contribution is 5.57. The summed E-state index contributed by atoms with van der Waals surface area (Å²) in [4.78, 5) is 0. The highest BCUT2D eigenvalue weighted by atomic mass is 16.5. The van der Waals surface area contributed by atoms with Gasteiger partial charge in [0.15, 0.2) is 0 Å². The number of benzene rings is 2. The lowest BCUT2D eigenvalue weighted by molar-refractivity contribution is -0.0381. The van der Waals surface area contributed by atoms with Crippen molar-refractivity contribution in [1.29, 1.82) is 0 Å². The Morgan fingerprint density at radius 2 is 1.86 bits per heavy atom. The van der Waals surface area contributed by atoms with Crippen LogP contribution >= 0.6 is 0 Å². The van der Waals surface area contributed by atoms with Gasteiger partial charge in [-0.2, -0.15) is 0 Å². The fourth-order valence-corrected chi connectivity index (χ4v) is 3.63. The largest absolute Gasteiger partial charge is 0.508 e.